The van der Waals surface area contributed by atoms with Crippen LogP contribution in [0.3, 0.4) is 0 Å². The molecule has 1 saturated carbocycles. The smallest absolute Gasteiger partial charge is 0.411 e. The molecule has 1 aliphatic carbocycles. The molecular weight excluding hydrogens is 825 g/mol. The molecule has 4 rings (SSSR count). The maximum Gasteiger partial charge on any atom is 0.411 e. The van der Waals surface area contributed by atoms with E-state index in [0.29, 0.717) is 6.42 Å². The van der Waals surface area contributed by atoms with E-state index in [9.17, 15) is 58.3 Å². The van der Waals surface area contributed by atoms with Crippen LogP contribution in [0.1, 0.15) is 58.2 Å². The molecule has 0 spiro atoms. The number of sulfonamides is 1. The van der Waals surface area contributed by atoms with Crippen LogP contribution in [-0.4, -0.2) is 95.4 Å². The summed E-state index contributed by atoms with van der Waals surface area (Å²) in [6.45, 7) is -2.57. The Bertz CT molecular complexity index is 2120. The lowest BCUT2D eigenvalue weighted by atomic mass is 9.81. The summed E-state index contributed by atoms with van der Waals surface area (Å²) >= 11 is 6.11. The summed E-state index contributed by atoms with van der Waals surface area (Å²) in [5.74, 6) is -7.26. The van der Waals surface area contributed by atoms with Crippen LogP contribution >= 0.6 is 11.6 Å². The number of anilines is 1. The summed E-state index contributed by atoms with van der Waals surface area (Å²) in [4.78, 5) is 44.3. The molecule has 2 N–H and O–H groups in total. The van der Waals surface area contributed by atoms with E-state index in [2.05, 4.69) is 14.7 Å². The molecule has 1 unspecified atom stereocenters. The predicted molar refractivity (Wildman–Crippen MR) is 187 cm³/mol. The first-order chi connectivity index (χ1) is 26.1. The van der Waals surface area contributed by atoms with E-state index in [1.807, 2.05) is 4.72 Å². The van der Waals surface area contributed by atoms with Gasteiger partial charge in [0.2, 0.25) is 11.8 Å². The Labute approximate surface area is 322 Å². The zero-order valence-electron chi connectivity index (χ0n) is 29.9. The minimum atomic E-state index is -5.00. The van der Waals surface area contributed by atoms with Gasteiger partial charge in [-0.3, -0.25) is 19.1 Å². The average molecular weight is 860 g/mol. The first-order valence-corrected chi connectivity index (χ1v) is 19.7. The molecule has 0 radical (unpaired) electrons. The van der Waals surface area contributed by atoms with Gasteiger partial charge in [-0.1, -0.05) is 29.8 Å². The zero-order valence-corrected chi connectivity index (χ0v) is 32.2. The average Bonchev–Trinajstić information content (AvgIpc) is 3.11. The maximum atomic E-state index is 12.9. The van der Waals surface area contributed by atoms with Crippen molar-refractivity contribution in [2.45, 2.75) is 55.4 Å². The summed E-state index contributed by atoms with van der Waals surface area (Å²) in [7, 11) is -4.85. The monoisotopic (exact) mass is 859 g/mol. The van der Waals surface area contributed by atoms with E-state index in [1.54, 1.807) is 0 Å². The molecule has 15 nitrogen and oxygen atoms in total. The fourth-order valence-electron chi connectivity index (χ4n) is 5.22. The number of carbonyl (C=O) groups is 3. The number of aliphatic hydroxyl groups is 1. The molecule has 1 fully saturated rings. The number of hydrogen-bond donors (Lipinski definition) is 2. The van der Waals surface area contributed by atoms with Crippen LogP contribution in [0, 0.1) is 5.92 Å². The number of rotatable bonds is 15. The van der Waals surface area contributed by atoms with Crippen molar-refractivity contribution in [2.24, 2.45) is 5.92 Å². The van der Waals surface area contributed by atoms with Crippen LogP contribution in [0.4, 0.5) is 27.6 Å². The van der Waals surface area contributed by atoms with Gasteiger partial charge in [-0.05, 0) is 18.6 Å². The second-order valence-corrected chi connectivity index (χ2v) is 15.8. The zero-order chi connectivity index (χ0) is 42.2. The molecular formula is C33H35ClF5N3O12S2. The van der Waals surface area contributed by atoms with Crippen molar-refractivity contribution in [1.82, 2.24) is 9.97 Å². The van der Waals surface area contributed by atoms with E-state index < -0.39 is 84.3 Å². The number of aliphatic hydroxyl groups excluding tert-OH is 1. The van der Waals surface area contributed by atoms with Crippen molar-refractivity contribution < 1.29 is 77.2 Å². The summed E-state index contributed by atoms with van der Waals surface area (Å²) in [6, 6.07) is 7.74. The van der Waals surface area contributed by atoms with Gasteiger partial charge in [-0.25, -0.2) is 16.8 Å². The van der Waals surface area contributed by atoms with E-state index in [1.165, 1.54) is 45.6 Å². The number of ether oxygens (including phenoxy) is 4. The summed E-state index contributed by atoms with van der Waals surface area (Å²) in [5, 5.41) is 10.3. The molecule has 0 amide bonds. The standard InChI is InChI=1S/C17H16ClF3O6S.C16H19F2N3O6S/c1-28(25,26)13-6-5-9(15(18)10(13)7-27-8-17(19,20)21)16(24)14-11(22)3-2-4-12(14)23;1-25-8-9-5-4-6-10(13(9)21-28(23,24)16(17)18)14(22)15-19-11(26-2)7-12(20-15)27-3/h5-6,14H,2-4,7-8H2,1H3;4-7,14,16,21-22H,8H2,1-3H3. The Hall–Kier alpha value is -4.35. The number of para-hydroxylation sites is 1. The van der Waals surface area contributed by atoms with Gasteiger partial charge >= 0.3 is 11.9 Å². The number of alkyl halides is 5. The summed E-state index contributed by atoms with van der Waals surface area (Å²) in [5.41, 5.74) is -0.710. The highest BCUT2D eigenvalue weighted by Crippen LogP contribution is 2.34. The maximum absolute atomic E-state index is 12.9. The van der Waals surface area contributed by atoms with Crippen LogP contribution in [0.15, 0.2) is 41.3 Å². The van der Waals surface area contributed by atoms with Crippen molar-refractivity contribution in [3.05, 3.63) is 69.5 Å². The molecule has 56 heavy (non-hydrogen) atoms. The third kappa shape index (κ3) is 11.8. The quantitative estimate of drug-likeness (QED) is 0.121. The molecule has 1 atom stereocenters. The minimum absolute atomic E-state index is 0.0444. The molecule has 3 aromatic rings. The van der Waals surface area contributed by atoms with Crippen molar-refractivity contribution >= 4 is 54.5 Å². The predicted octanol–water partition coefficient (Wildman–Crippen LogP) is 4.63. The fourth-order valence-corrected chi connectivity index (χ4v) is 7.14. The Morgan fingerprint density at radius 2 is 1.57 bits per heavy atom. The SMILES string of the molecule is COCc1cccc(C(O)c2nc(OC)cc(OC)n2)c1NS(=O)(=O)C(F)F.CS(=O)(=O)c1ccc(C(=O)C2C(=O)CCCC2=O)c(Cl)c1COCC(F)(F)F. The number of benzene rings is 2. The van der Waals surface area contributed by atoms with Crippen molar-refractivity contribution in [2.75, 3.05) is 38.9 Å². The minimum Gasteiger partial charge on any atom is -0.481 e. The van der Waals surface area contributed by atoms with E-state index in [4.69, 9.17) is 25.8 Å². The van der Waals surface area contributed by atoms with Crippen molar-refractivity contribution in [1.29, 1.82) is 0 Å². The Balaban J connectivity index is 0.000000300. The van der Waals surface area contributed by atoms with Gasteiger partial charge in [0.25, 0.3) is 10.0 Å². The lowest BCUT2D eigenvalue weighted by molar-refractivity contribution is -0.176. The lowest BCUT2D eigenvalue weighted by Gasteiger charge is -2.20. The number of Topliss-reactive ketones (excluding diaryl/α,β-unsaturated/α-hetero) is 3. The summed E-state index contributed by atoms with van der Waals surface area (Å²) < 4.78 is 131. The van der Waals surface area contributed by atoms with Gasteiger partial charge in [-0.2, -0.15) is 31.9 Å². The van der Waals surface area contributed by atoms with Gasteiger partial charge in [0.1, 0.15) is 18.6 Å². The van der Waals surface area contributed by atoms with E-state index >= 15 is 0 Å². The van der Waals surface area contributed by atoms with Gasteiger partial charge in [0, 0.05) is 48.5 Å². The molecule has 0 aliphatic heterocycles. The van der Waals surface area contributed by atoms with Gasteiger partial charge in [-0.15, -0.1) is 0 Å². The number of methoxy groups -OCH3 is 3. The number of hydrogen-bond acceptors (Lipinski definition) is 14. The first kappa shape index (κ1) is 46.0. The Kier molecular flexibility index (Phi) is 15.8. The van der Waals surface area contributed by atoms with Crippen LogP contribution in [-0.2, 0) is 52.1 Å². The molecule has 1 aliphatic rings. The molecule has 2 aromatic carbocycles. The third-order valence-corrected chi connectivity index (χ3v) is 10.3. The normalized spacial score (nSPS) is 14.6. The molecule has 1 aromatic heterocycles. The van der Waals surface area contributed by atoms with Crippen molar-refractivity contribution in [3.63, 3.8) is 0 Å². The summed E-state index contributed by atoms with van der Waals surface area (Å²) in [6.07, 6.45) is -4.98. The number of halogens is 6. The lowest BCUT2D eigenvalue weighted by Crippen LogP contribution is -2.35. The van der Waals surface area contributed by atoms with Gasteiger partial charge < -0.3 is 24.1 Å². The number of sulfone groups is 1. The number of ketones is 3. The number of nitrogens with one attached hydrogen (secondary N) is 1. The number of nitrogens with zero attached hydrogens (tertiary/aromatic N) is 2. The highest BCUT2D eigenvalue weighted by molar-refractivity contribution is 7.93. The van der Waals surface area contributed by atoms with Crippen LogP contribution in [0.25, 0.3) is 0 Å². The van der Waals surface area contributed by atoms with Gasteiger partial charge in [0.05, 0.1) is 49.1 Å². The largest absolute Gasteiger partial charge is 0.481 e. The highest BCUT2D eigenvalue weighted by Gasteiger charge is 2.38. The van der Waals surface area contributed by atoms with Crippen LogP contribution in [0.5, 0.6) is 11.8 Å². The number of aromatic nitrogens is 2. The topological polar surface area (TPSA) is 214 Å². The van der Waals surface area contributed by atoms with E-state index in [-0.39, 0.29) is 65.0 Å². The molecule has 308 valence electrons. The third-order valence-electron chi connectivity index (χ3n) is 7.75. The highest BCUT2D eigenvalue weighted by atomic mass is 35.5. The molecule has 0 bridgehead atoms. The Morgan fingerprint density at radius 1 is 0.982 bits per heavy atom. The van der Waals surface area contributed by atoms with Crippen molar-refractivity contribution in [3.8, 4) is 11.8 Å². The van der Waals surface area contributed by atoms with Gasteiger partial charge in [0.15, 0.2) is 33.0 Å². The second kappa shape index (κ2) is 19.2. The van der Waals surface area contributed by atoms with Crippen LogP contribution < -0.4 is 14.2 Å². The second-order valence-electron chi connectivity index (χ2n) is 11.8. The molecule has 0 saturated heterocycles. The molecule has 1 heterocycles. The first-order valence-electron chi connectivity index (χ1n) is 15.9. The van der Waals surface area contributed by atoms with E-state index in [0.717, 1.165) is 18.4 Å². The fraction of sp³-hybridized carbons (Fsp3) is 0.424. The molecule has 23 heteroatoms. The van der Waals surface area contributed by atoms with Crippen LogP contribution in [0.2, 0.25) is 5.02 Å². The Morgan fingerprint density at radius 3 is 2.07 bits per heavy atom. The number of carbonyl (C=O) groups excluding carboxylic acids is 3.